The fourth-order valence-corrected chi connectivity index (χ4v) is 1.20. The lowest BCUT2D eigenvalue weighted by Crippen LogP contribution is -2.05. The summed E-state index contributed by atoms with van der Waals surface area (Å²) in [7, 11) is 1.25. The average Bonchev–Trinajstić information content (AvgIpc) is 2.87. The lowest BCUT2D eigenvalue weighted by atomic mass is 10.3. The number of esters is 1. The highest BCUT2D eigenvalue weighted by Gasteiger charge is 2.11. The van der Waals surface area contributed by atoms with Gasteiger partial charge >= 0.3 is 5.97 Å². The first-order valence-corrected chi connectivity index (χ1v) is 4.61. The number of aromatic nitrogens is 4. The van der Waals surface area contributed by atoms with Crippen LogP contribution in [0.3, 0.4) is 0 Å². The van der Waals surface area contributed by atoms with E-state index in [1.165, 1.54) is 30.4 Å². The number of nitrogens with zero attached hydrogens (tertiary/aromatic N) is 5. The van der Waals surface area contributed by atoms with Crippen molar-refractivity contribution in [3.63, 3.8) is 0 Å². The molecule has 0 bridgehead atoms. The Morgan fingerprint density at radius 1 is 1.53 bits per heavy atom. The summed E-state index contributed by atoms with van der Waals surface area (Å²) in [5.41, 5.74) is 0.858. The molecular formula is C10H7N5O2. The summed E-state index contributed by atoms with van der Waals surface area (Å²) < 4.78 is 5.86. The fraction of sp³-hybridized carbons (Fsp3) is 0.100. The molecule has 0 aliphatic rings. The van der Waals surface area contributed by atoms with Gasteiger partial charge in [0.05, 0.1) is 12.8 Å². The van der Waals surface area contributed by atoms with Crippen LogP contribution in [0.1, 0.15) is 16.3 Å². The van der Waals surface area contributed by atoms with E-state index < -0.39 is 5.97 Å². The number of nitriles is 1. The molecule has 0 unspecified atom stereocenters. The predicted molar refractivity (Wildman–Crippen MR) is 55.2 cm³/mol. The van der Waals surface area contributed by atoms with Crippen molar-refractivity contribution in [3.05, 3.63) is 36.2 Å². The zero-order valence-corrected chi connectivity index (χ0v) is 8.86. The summed E-state index contributed by atoms with van der Waals surface area (Å²) in [6, 6.07) is 5.10. The van der Waals surface area contributed by atoms with Crippen molar-refractivity contribution in [2.45, 2.75) is 0 Å². The number of rotatable bonds is 2. The maximum Gasteiger partial charge on any atom is 0.377 e. The Bertz CT molecular complexity index is 599. The van der Waals surface area contributed by atoms with Gasteiger partial charge in [0.25, 0.3) is 5.82 Å². The first kappa shape index (κ1) is 10.8. The quantitative estimate of drug-likeness (QED) is 0.688. The minimum absolute atomic E-state index is 0.0391. The van der Waals surface area contributed by atoms with Crippen molar-refractivity contribution in [1.82, 2.24) is 19.7 Å². The largest absolute Gasteiger partial charge is 0.463 e. The van der Waals surface area contributed by atoms with Gasteiger partial charge < -0.3 is 4.74 Å². The van der Waals surface area contributed by atoms with Crippen LogP contribution >= 0.6 is 0 Å². The Kier molecular flexibility index (Phi) is 2.79. The monoisotopic (exact) mass is 229 g/mol. The first-order valence-electron chi connectivity index (χ1n) is 4.61. The zero-order valence-electron chi connectivity index (χ0n) is 8.86. The number of hydrogen-bond acceptors (Lipinski definition) is 6. The molecule has 2 aromatic rings. The Balaban J connectivity index is 2.37. The highest BCUT2D eigenvalue weighted by Crippen LogP contribution is 2.06. The lowest BCUT2D eigenvalue weighted by Gasteiger charge is -1.98. The third-order valence-corrected chi connectivity index (χ3v) is 1.98. The van der Waals surface area contributed by atoms with Crippen LogP contribution in [-0.4, -0.2) is 32.8 Å². The standard InChI is InChI=1S/C10H7N5O2/c1-17-10(16)9-13-6-15(14-9)8-2-3-12-7(4-8)5-11/h2-4,6H,1H3. The van der Waals surface area contributed by atoms with Gasteiger partial charge in [0.2, 0.25) is 0 Å². The molecule has 0 atom stereocenters. The van der Waals surface area contributed by atoms with E-state index >= 15 is 0 Å². The fourth-order valence-electron chi connectivity index (χ4n) is 1.20. The van der Waals surface area contributed by atoms with E-state index in [2.05, 4.69) is 19.8 Å². The van der Waals surface area contributed by atoms with Gasteiger partial charge in [-0.05, 0) is 6.07 Å². The van der Waals surface area contributed by atoms with Crippen LogP contribution in [0, 0.1) is 11.3 Å². The molecule has 7 nitrogen and oxygen atoms in total. The molecule has 0 amide bonds. The summed E-state index contributed by atoms with van der Waals surface area (Å²) in [6.45, 7) is 0. The second-order valence-corrected chi connectivity index (χ2v) is 3.02. The van der Waals surface area contributed by atoms with Gasteiger partial charge in [-0.1, -0.05) is 0 Å². The van der Waals surface area contributed by atoms with Crippen molar-refractivity contribution in [2.24, 2.45) is 0 Å². The van der Waals surface area contributed by atoms with Crippen LogP contribution in [0.25, 0.3) is 5.69 Å². The minimum atomic E-state index is -0.613. The van der Waals surface area contributed by atoms with E-state index in [1.54, 1.807) is 6.07 Å². The molecule has 0 saturated heterocycles. The Morgan fingerprint density at radius 3 is 3.06 bits per heavy atom. The Hall–Kier alpha value is -2.75. The van der Waals surface area contributed by atoms with Crippen LogP contribution in [0.5, 0.6) is 0 Å². The molecule has 2 rings (SSSR count). The SMILES string of the molecule is COC(=O)c1ncn(-c2ccnc(C#N)c2)n1. The molecule has 2 heterocycles. The number of carbonyl (C=O) groups excluding carboxylic acids is 1. The first-order chi connectivity index (χ1) is 8.24. The van der Waals surface area contributed by atoms with Crippen molar-refractivity contribution in [3.8, 4) is 11.8 Å². The van der Waals surface area contributed by atoms with Gasteiger partial charge in [-0.25, -0.2) is 19.4 Å². The van der Waals surface area contributed by atoms with Crippen molar-refractivity contribution < 1.29 is 9.53 Å². The highest BCUT2D eigenvalue weighted by molar-refractivity contribution is 5.84. The maximum atomic E-state index is 11.2. The number of pyridine rings is 1. The summed E-state index contributed by atoms with van der Waals surface area (Å²) in [5.74, 6) is -0.652. The number of hydrogen-bond donors (Lipinski definition) is 0. The molecule has 0 saturated carbocycles. The van der Waals surface area contributed by atoms with Crippen LogP contribution in [0.15, 0.2) is 24.7 Å². The molecule has 0 radical (unpaired) electrons. The number of ether oxygens (including phenoxy) is 1. The van der Waals surface area contributed by atoms with Crippen molar-refractivity contribution in [1.29, 1.82) is 5.26 Å². The molecule has 2 aromatic heterocycles. The van der Waals surface area contributed by atoms with Gasteiger partial charge in [0, 0.05) is 12.3 Å². The number of carbonyl (C=O) groups is 1. The topological polar surface area (TPSA) is 93.7 Å². The second kappa shape index (κ2) is 4.40. The van der Waals surface area contributed by atoms with E-state index in [0.29, 0.717) is 5.69 Å². The van der Waals surface area contributed by atoms with Gasteiger partial charge in [0.1, 0.15) is 18.1 Å². The molecule has 0 aromatic carbocycles. The molecule has 0 aliphatic heterocycles. The van der Waals surface area contributed by atoms with E-state index in [9.17, 15) is 4.79 Å². The summed E-state index contributed by atoms with van der Waals surface area (Å²) in [6.07, 6.45) is 2.84. The molecule has 17 heavy (non-hydrogen) atoms. The molecule has 0 fully saturated rings. The lowest BCUT2D eigenvalue weighted by molar-refractivity contribution is 0.0587. The van der Waals surface area contributed by atoms with Gasteiger partial charge in [-0.2, -0.15) is 5.26 Å². The molecule has 0 spiro atoms. The maximum absolute atomic E-state index is 11.2. The van der Waals surface area contributed by atoms with Crippen LogP contribution in [0.2, 0.25) is 0 Å². The third kappa shape index (κ3) is 2.10. The normalized spacial score (nSPS) is 9.65. The van der Waals surface area contributed by atoms with E-state index in [-0.39, 0.29) is 11.5 Å². The van der Waals surface area contributed by atoms with Gasteiger partial charge in [-0.15, -0.1) is 5.10 Å². The third-order valence-electron chi connectivity index (χ3n) is 1.98. The summed E-state index contributed by atoms with van der Waals surface area (Å²) >= 11 is 0. The second-order valence-electron chi connectivity index (χ2n) is 3.02. The predicted octanol–water partition coefficient (Wildman–Crippen LogP) is 0.321. The van der Waals surface area contributed by atoms with Crippen molar-refractivity contribution >= 4 is 5.97 Å². The average molecular weight is 229 g/mol. The molecular weight excluding hydrogens is 222 g/mol. The van der Waals surface area contributed by atoms with E-state index in [1.807, 2.05) is 6.07 Å². The summed E-state index contributed by atoms with van der Waals surface area (Å²) in [4.78, 5) is 18.8. The smallest absolute Gasteiger partial charge is 0.377 e. The number of methoxy groups -OCH3 is 1. The van der Waals surface area contributed by atoms with Gasteiger partial charge in [-0.3, -0.25) is 0 Å². The molecule has 0 aliphatic carbocycles. The van der Waals surface area contributed by atoms with Crippen LogP contribution in [0.4, 0.5) is 0 Å². The molecule has 84 valence electrons. The Labute approximate surface area is 96.3 Å². The van der Waals surface area contributed by atoms with Gasteiger partial charge in [0.15, 0.2) is 0 Å². The van der Waals surface area contributed by atoms with Crippen LogP contribution in [-0.2, 0) is 4.74 Å². The highest BCUT2D eigenvalue weighted by atomic mass is 16.5. The minimum Gasteiger partial charge on any atom is -0.463 e. The zero-order chi connectivity index (χ0) is 12.3. The van der Waals surface area contributed by atoms with Crippen molar-refractivity contribution in [2.75, 3.05) is 7.11 Å². The van der Waals surface area contributed by atoms with Crippen LogP contribution < -0.4 is 0 Å². The van der Waals surface area contributed by atoms with E-state index in [0.717, 1.165) is 0 Å². The van der Waals surface area contributed by atoms with E-state index in [4.69, 9.17) is 5.26 Å². The molecule has 0 N–H and O–H groups in total. The summed E-state index contributed by atoms with van der Waals surface area (Å²) in [5, 5.41) is 12.6. The Morgan fingerprint density at radius 2 is 2.35 bits per heavy atom. The molecule has 7 heteroatoms.